The van der Waals surface area contributed by atoms with Crippen molar-refractivity contribution in [2.45, 2.75) is 26.3 Å². The van der Waals surface area contributed by atoms with E-state index in [9.17, 15) is 9.90 Å². The summed E-state index contributed by atoms with van der Waals surface area (Å²) in [5, 5.41) is 11.8. The fourth-order valence-electron chi connectivity index (χ4n) is 3.95. The van der Waals surface area contributed by atoms with Gasteiger partial charge in [0.2, 0.25) is 0 Å². The Bertz CT molecular complexity index is 1100. The number of rotatable bonds is 6. The number of piperazine rings is 1. The van der Waals surface area contributed by atoms with Crippen molar-refractivity contribution in [1.29, 1.82) is 0 Å². The predicted molar refractivity (Wildman–Crippen MR) is 134 cm³/mol. The molecule has 32 heavy (non-hydrogen) atoms. The highest BCUT2D eigenvalue weighted by Crippen LogP contribution is 2.38. The van der Waals surface area contributed by atoms with Crippen LogP contribution < -0.4 is 9.80 Å². The summed E-state index contributed by atoms with van der Waals surface area (Å²) in [5.74, 6) is -0.367. The zero-order valence-corrected chi connectivity index (χ0v) is 20.3. The molecule has 2 aromatic carbocycles. The molecule has 1 unspecified atom stereocenters. The van der Waals surface area contributed by atoms with Crippen molar-refractivity contribution in [3.8, 4) is 11.3 Å². The third-order valence-electron chi connectivity index (χ3n) is 5.50. The Hall–Kier alpha value is -2.28. The molecule has 0 aliphatic carbocycles. The Morgan fingerprint density at radius 3 is 2.56 bits per heavy atom. The number of para-hydroxylation sites is 1. The lowest BCUT2D eigenvalue weighted by Crippen LogP contribution is -2.56. The number of anilines is 2. The molecule has 0 bridgehead atoms. The van der Waals surface area contributed by atoms with Crippen LogP contribution in [0.4, 0.5) is 10.8 Å². The van der Waals surface area contributed by atoms with Gasteiger partial charge in [-0.25, -0.2) is 9.78 Å². The number of halogens is 2. The number of carboxylic acids is 1. The van der Waals surface area contributed by atoms with Gasteiger partial charge < -0.3 is 14.9 Å². The smallest absolute Gasteiger partial charge is 0.328 e. The first-order valence-electron chi connectivity index (χ1n) is 10.6. The van der Waals surface area contributed by atoms with Crippen LogP contribution in [0.5, 0.6) is 0 Å². The van der Waals surface area contributed by atoms with Crippen LogP contribution in [0.1, 0.15) is 18.7 Å². The first-order chi connectivity index (χ1) is 15.3. The van der Waals surface area contributed by atoms with Crippen molar-refractivity contribution in [3.05, 3.63) is 63.5 Å². The van der Waals surface area contributed by atoms with Gasteiger partial charge in [-0.05, 0) is 36.6 Å². The second-order valence-corrected chi connectivity index (χ2v) is 10.2. The van der Waals surface area contributed by atoms with Crippen molar-refractivity contribution in [2.24, 2.45) is 5.92 Å². The van der Waals surface area contributed by atoms with Crippen LogP contribution in [0.15, 0.2) is 48.5 Å². The lowest BCUT2D eigenvalue weighted by molar-refractivity contribution is -0.138. The van der Waals surface area contributed by atoms with Crippen LogP contribution in [0.3, 0.4) is 0 Å². The molecule has 1 aromatic heterocycles. The van der Waals surface area contributed by atoms with E-state index in [1.807, 2.05) is 47.4 Å². The molecule has 1 atom stereocenters. The average Bonchev–Trinajstić information content (AvgIpc) is 3.19. The molecule has 4 rings (SSSR count). The fourth-order valence-corrected chi connectivity index (χ4v) is 5.58. The van der Waals surface area contributed by atoms with Gasteiger partial charge in [-0.1, -0.05) is 61.3 Å². The summed E-state index contributed by atoms with van der Waals surface area (Å²) in [7, 11) is 0. The Morgan fingerprint density at radius 2 is 1.91 bits per heavy atom. The minimum absolute atomic E-state index is 0.375. The first kappa shape index (κ1) is 22.9. The van der Waals surface area contributed by atoms with E-state index >= 15 is 0 Å². The third kappa shape index (κ3) is 4.87. The second kappa shape index (κ2) is 9.69. The van der Waals surface area contributed by atoms with Crippen molar-refractivity contribution in [3.63, 3.8) is 0 Å². The maximum absolute atomic E-state index is 12.1. The number of hydrogen-bond acceptors (Lipinski definition) is 5. The monoisotopic (exact) mass is 489 g/mol. The maximum atomic E-state index is 12.1. The quantitative estimate of drug-likeness (QED) is 0.453. The Labute approximate surface area is 202 Å². The third-order valence-corrected chi connectivity index (χ3v) is 7.37. The van der Waals surface area contributed by atoms with E-state index in [0.29, 0.717) is 35.6 Å². The zero-order valence-electron chi connectivity index (χ0n) is 18.0. The fraction of sp³-hybridized carbons (Fsp3) is 0.333. The van der Waals surface area contributed by atoms with Gasteiger partial charge in [0.05, 0.1) is 22.3 Å². The molecule has 1 saturated heterocycles. The van der Waals surface area contributed by atoms with E-state index < -0.39 is 12.0 Å². The minimum Gasteiger partial charge on any atom is -0.480 e. The van der Waals surface area contributed by atoms with Gasteiger partial charge in [-0.3, -0.25) is 0 Å². The second-order valence-electron chi connectivity index (χ2n) is 8.32. The van der Waals surface area contributed by atoms with Gasteiger partial charge >= 0.3 is 5.97 Å². The van der Waals surface area contributed by atoms with Crippen molar-refractivity contribution >= 4 is 51.3 Å². The van der Waals surface area contributed by atoms with Crippen LogP contribution in [0.25, 0.3) is 11.3 Å². The summed E-state index contributed by atoms with van der Waals surface area (Å²) >= 11 is 14.0. The highest BCUT2D eigenvalue weighted by Gasteiger charge is 2.34. The van der Waals surface area contributed by atoms with E-state index in [0.717, 1.165) is 28.5 Å². The summed E-state index contributed by atoms with van der Waals surface area (Å²) < 4.78 is 0. The van der Waals surface area contributed by atoms with Crippen molar-refractivity contribution in [2.75, 3.05) is 29.4 Å². The standard InChI is InChI=1S/C24H25Cl2N3O2S/c1-15(2)12-21-22(16-8-9-18(25)19(26)13-16)27-24(32-21)28-10-11-29(20(14-28)23(30)31)17-6-4-3-5-7-17/h3-9,13,15,20H,10-12,14H2,1-2H3,(H,30,31). The first-order valence-corrected chi connectivity index (χ1v) is 12.1. The number of hydrogen-bond donors (Lipinski definition) is 1. The summed E-state index contributed by atoms with van der Waals surface area (Å²) in [6, 6.07) is 14.6. The van der Waals surface area contributed by atoms with E-state index in [4.69, 9.17) is 28.2 Å². The molecule has 0 spiro atoms. The molecule has 0 saturated carbocycles. The van der Waals surface area contributed by atoms with Gasteiger partial charge in [0, 0.05) is 29.2 Å². The number of nitrogens with zero attached hydrogens (tertiary/aromatic N) is 3. The molecule has 2 heterocycles. The molecule has 5 nitrogen and oxygen atoms in total. The van der Waals surface area contributed by atoms with E-state index in [1.165, 1.54) is 4.88 Å². The number of carboxylic acid groups (broad SMARTS) is 1. The topological polar surface area (TPSA) is 56.7 Å². The largest absolute Gasteiger partial charge is 0.480 e. The minimum atomic E-state index is -0.831. The number of benzene rings is 2. The Morgan fingerprint density at radius 1 is 1.16 bits per heavy atom. The summed E-state index contributed by atoms with van der Waals surface area (Å²) in [5.41, 5.74) is 2.75. The van der Waals surface area contributed by atoms with E-state index in [2.05, 4.69) is 18.7 Å². The summed E-state index contributed by atoms with van der Waals surface area (Å²) in [6.07, 6.45) is 0.888. The highest BCUT2D eigenvalue weighted by atomic mass is 35.5. The van der Waals surface area contributed by atoms with Crippen LogP contribution in [0.2, 0.25) is 10.0 Å². The van der Waals surface area contributed by atoms with Crippen LogP contribution in [-0.4, -0.2) is 41.7 Å². The molecule has 0 radical (unpaired) electrons. The lowest BCUT2D eigenvalue weighted by atomic mass is 10.0. The maximum Gasteiger partial charge on any atom is 0.328 e. The molecule has 1 aliphatic heterocycles. The molecular formula is C24H25Cl2N3O2S. The van der Waals surface area contributed by atoms with Crippen molar-refractivity contribution in [1.82, 2.24) is 4.98 Å². The van der Waals surface area contributed by atoms with Gasteiger partial charge in [0.15, 0.2) is 5.13 Å². The van der Waals surface area contributed by atoms with Crippen LogP contribution >= 0.6 is 34.5 Å². The van der Waals surface area contributed by atoms with E-state index in [-0.39, 0.29) is 0 Å². The zero-order chi connectivity index (χ0) is 22.8. The number of aliphatic carboxylic acids is 1. The highest BCUT2D eigenvalue weighted by molar-refractivity contribution is 7.16. The number of thiazole rings is 1. The van der Waals surface area contributed by atoms with Gasteiger partial charge in [0.25, 0.3) is 0 Å². The molecule has 168 valence electrons. The average molecular weight is 490 g/mol. The van der Waals surface area contributed by atoms with Crippen LogP contribution in [0, 0.1) is 5.92 Å². The number of carbonyl (C=O) groups is 1. The molecular weight excluding hydrogens is 465 g/mol. The van der Waals surface area contributed by atoms with Crippen LogP contribution in [-0.2, 0) is 11.2 Å². The normalized spacial score (nSPS) is 16.6. The van der Waals surface area contributed by atoms with Crippen molar-refractivity contribution < 1.29 is 9.90 Å². The Kier molecular flexibility index (Phi) is 6.93. The predicted octanol–water partition coefficient (Wildman–Crippen LogP) is 6.10. The molecule has 8 heteroatoms. The molecule has 1 N–H and O–H groups in total. The molecule has 0 amide bonds. The molecule has 1 fully saturated rings. The van der Waals surface area contributed by atoms with Gasteiger partial charge in [-0.2, -0.15) is 0 Å². The lowest BCUT2D eigenvalue weighted by Gasteiger charge is -2.40. The Balaban J connectivity index is 1.65. The summed E-state index contributed by atoms with van der Waals surface area (Å²) in [4.78, 5) is 22.3. The van der Waals surface area contributed by atoms with E-state index in [1.54, 1.807) is 17.4 Å². The number of aromatic nitrogens is 1. The molecule has 1 aliphatic rings. The molecule has 3 aromatic rings. The van der Waals surface area contributed by atoms with Gasteiger partial charge in [0.1, 0.15) is 6.04 Å². The van der Waals surface area contributed by atoms with Gasteiger partial charge in [-0.15, -0.1) is 11.3 Å². The SMILES string of the molecule is CC(C)Cc1sc(N2CCN(c3ccccc3)C(C(=O)O)C2)nc1-c1ccc(Cl)c(Cl)c1. The summed E-state index contributed by atoms with van der Waals surface area (Å²) in [6.45, 7) is 6.05.